The standard InChI is InChI=1S/C25H32N2O3S/c1-18-14-16-22(17-15-18)31(29,30)24(21-12-8-5-9-13-21)27-23(19(2)26(3)25(27)28)20-10-6-4-7-11-20/h4,6-7,10-11,14-17,19,21,23-24H,5,8-9,12-13H2,1-3H3/t19-,23-,24-/m1/s1. The van der Waals surface area contributed by atoms with E-state index in [4.69, 9.17) is 0 Å². The fourth-order valence-corrected chi connectivity index (χ4v) is 7.29. The van der Waals surface area contributed by atoms with Crippen molar-refractivity contribution in [2.45, 2.75) is 68.3 Å². The summed E-state index contributed by atoms with van der Waals surface area (Å²) in [5.74, 6) is -0.0612. The number of hydrogen-bond donors (Lipinski definition) is 0. The second-order valence-corrected chi connectivity index (χ2v) is 11.1. The lowest BCUT2D eigenvalue weighted by atomic mass is 9.88. The van der Waals surface area contributed by atoms with Crippen LogP contribution < -0.4 is 0 Å². The molecular weight excluding hydrogens is 408 g/mol. The molecule has 2 amide bonds. The normalized spacial score (nSPS) is 23.9. The molecular formula is C25H32N2O3S. The largest absolute Gasteiger partial charge is 0.323 e. The van der Waals surface area contributed by atoms with Gasteiger partial charge in [0.05, 0.1) is 17.0 Å². The minimum absolute atomic E-state index is 0.0612. The van der Waals surface area contributed by atoms with Crippen molar-refractivity contribution < 1.29 is 13.2 Å². The smallest absolute Gasteiger partial charge is 0.321 e. The molecule has 1 aliphatic heterocycles. The van der Waals surface area contributed by atoms with E-state index in [9.17, 15) is 13.2 Å². The first-order valence-electron chi connectivity index (χ1n) is 11.2. The maximum Gasteiger partial charge on any atom is 0.321 e. The van der Waals surface area contributed by atoms with Crippen LogP contribution in [0, 0.1) is 12.8 Å². The van der Waals surface area contributed by atoms with Gasteiger partial charge >= 0.3 is 6.03 Å². The molecule has 2 aromatic carbocycles. The molecule has 0 spiro atoms. The van der Waals surface area contributed by atoms with Crippen molar-refractivity contribution in [3.8, 4) is 0 Å². The summed E-state index contributed by atoms with van der Waals surface area (Å²) < 4.78 is 28.1. The van der Waals surface area contributed by atoms with Crippen LogP contribution in [0.25, 0.3) is 0 Å². The molecule has 0 bridgehead atoms. The van der Waals surface area contributed by atoms with Gasteiger partial charge in [-0.2, -0.15) is 0 Å². The summed E-state index contributed by atoms with van der Waals surface area (Å²) in [5, 5.41) is -0.861. The molecule has 0 aromatic heterocycles. The zero-order valence-electron chi connectivity index (χ0n) is 18.6. The third-order valence-electron chi connectivity index (χ3n) is 7.03. The van der Waals surface area contributed by atoms with Gasteiger partial charge in [-0.25, -0.2) is 13.2 Å². The molecule has 1 heterocycles. The van der Waals surface area contributed by atoms with Gasteiger partial charge in [0.15, 0.2) is 9.84 Å². The molecule has 3 atom stereocenters. The number of benzene rings is 2. The van der Waals surface area contributed by atoms with Crippen LogP contribution in [0.3, 0.4) is 0 Å². The molecule has 2 aromatic rings. The predicted molar refractivity (Wildman–Crippen MR) is 122 cm³/mol. The molecule has 2 aliphatic rings. The number of aryl methyl sites for hydroxylation is 1. The number of urea groups is 1. The Morgan fingerprint density at radius 3 is 2.16 bits per heavy atom. The van der Waals surface area contributed by atoms with Crippen molar-refractivity contribution in [2.24, 2.45) is 5.92 Å². The Hall–Kier alpha value is -2.34. The molecule has 0 radical (unpaired) electrons. The molecule has 2 fully saturated rings. The second kappa shape index (κ2) is 8.65. The fraction of sp³-hybridized carbons (Fsp3) is 0.480. The van der Waals surface area contributed by atoms with Gasteiger partial charge < -0.3 is 4.90 Å². The average molecular weight is 441 g/mol. The van der Waals surface area contributed by atoms with E-state index in [0.29, 0.717) is 4.90 Å². The maximum atomic E-state index is 14.1. The van der Waals surface area contributed by atoms with E-state index >= 15 is 0 Å². The third kappa shape index (κ3) is 3.98. The number of hydrogen-bond acceptors (Lipinski definition) is 3. The highest BCUT2D eigenvalue weighted by atomic mass is 32.2. The Bertz CT molecular complexity index is 1010. The highest BCUT2D eigenvalue weighted by molar-refractivity contribution is 7.92. The van der Waals surface area contributed by atoms with Gasteiger partial charge in [0.25, 0.3) is 0 Å². The summed E-state index contributed by atoms with van der Waals surface area (Å²) in [4.78, 5) is 17.2. The zero-order chi connectivity index (χ0) is 22.2. The van der Waals surface area contributed by atoms with Crippen LogP contribution in [0.2, 0.25) is 0 Å². The van der Waals surface area contributed by atoms with Crippen molar-refractivity contribution in [2.75, 3.05) is 7.05 Å². The molecule has 6 heteroatoms. The summed E-state index contributed by atoms with van der Waals surface area (Å²) in [5.41, 5.74) is 1.99. The monoisotopic (exact) mass is 440 g/mol. The Kier molecular flexibility index (Phi) is 6.11. The number of nitrogens with zero attached hydrogens (tertiary/aromatic N) is 2. The minimum Gasteiger partial charge on any atom is -0.323 e. The lowest BCUT2D eigenvalue weighted by Crippen LogP contribution is -2.49. The van der Waals surface area contributed by atoms with Gasteiger partial charge in [0.2, 0.25) is 0 Å². The number of carbonyl (C=O) groups excluding carboxylic acids is 1. The van der Waals surface area contributed by atoms with E-state index in [1.54, 1.807) is 29.0 Å². The van der Waals surface area contributed by atoms with Crippen molar-refractivity contribution >= 4 is 15.9 Å². The van der Waals surface area contributed by atoms with Crippen LogP contribution in [-0.4, -0.2) is 42.7 Å². The fourth-order valence-electron chi connectivity index (χ4n) is 5.19. The Morgan fingerprint density at radius 1 is 0.935 bits per heavy atom. The number of amides is 2. The van der Waals surface area contributed by atoms with E-state index in [1.165, 1.54) is 0 Å². The quantitative estimate of drug-likeness (QED) is 0.644. The summed E-state index contributed by atoms with van der Waals surface area (Å²) in [6.07, 6.45) is 4.81. The Morgan fingerprint density at radius 2 is 1.55 bits per heavy atom. The highest BCUT2D eigenvalue weighted by Gasteiger charge is 2.52. The SMILES string of the molecule is Cc1ccc(S(=O)(=O)[C@H](C2CCCCC2)N2C(=O)N(C)[C@H](C)[C@@H]2c2ccccc2)cc1. The Labute approximate surface area is 186 Å². The van der Waals surface area contributed by atoms with Gasteiger partial charge in [-0.15, -0.1) is 0 Å². The number of rotatable bonds is 5. The van der Waals surface area contributed by atoms with Crippen molar-refractivity contribution in [1.29, 1.82) is 0 Å². The molecule has 31 heavy (non-hydrogen) atoms. The predicted octanol–water partition coefficient (Wildman–Crippen LogP) is 5.17. The molecule has 0 unspecified atom stereocenters. The van der Waals surface area contributed by atoms with E-state index in [1.807, 2.05) is 56.3 Å². The summed E-state index contributed by atoms with van der Waals surface area (Å²) in [6.45, 7) is 3.95. The minimum atomic E-state index is -3.74. The summed E-state index contributed by atoms with van der Waals surface area (Å²) >= 11 is 0. The molecule has 0 N–H and O–H groups in total. The van der Waals surface area contributed by atoms with Crippen LogP contribution in [0.1, 0.15) is 56.2 Å². The van der Waals surface area contributed by atoms with Gasteiger partial charge in [-0.1, -0.05) is 67.3 Å². The third-order valence-corrected chi connectivity index (χ3v) is 9.20. The van der Waals surface area contributed by atoms with E-state index in [2.05, 4.69) is 0 Å². The van der Waals surface area contributed by atoms with E-state index in [-0.39, 0.29) is 24.0 Å². The zero-order valence-corrected chi connectivity index (χ0v) is 19.4. The molecule has 1 saturated heterocycles. The maximum absolute atomic E-state index is 14.1. The number of sulfone groups is 1. The lowest BCUT2D eigenvalue weighted by molar-refractivity contribution is 0.154. The molecule has 5 nitrogen and oxygen atoms in total. The number of carbonyl (C=O) groups is 1. The van der Waals surface area contributed by atoms with E-state index < -0.39 is 15.2 Å². The first-order chi connectivity index (χ1) is 14.8. The van der Waals surface area contributed by atoms with E-state index in [0.717, 1.165) is 43.2 Å². The van der Waals surface area contributed by atoms with Crippen molar-refractivity contribution in [3.63, 3.8) is 0 Å². The van der Waals surface area contributed by atoms with Gasteiger partial charge in [0.1, 0.15) is 5.37 Å². The van der Waals surface area contributed by atoms with Crippen LogP contribution >= 0.6 is 0 Å². The van der Waals surface area contributed by atoms with Crippen LogP contribution in [-0.2, 0) is 9.84 Å². The van der Waals surface area contributed by atoms with Crippen LogP contribution in [0.4, 0.5) is 4.79 Å². The van der Waals surface area contributed by atoms with Gasteiger partial charge in [-0.3, -0.25) is 4.90 Å². The van der Waals surface area contributed by atoms with Crippen molar-refractivity contribution in [3.05, 3.63) is 65.7 Å². The molecule has 1 saturated carbocycles. The Balaban J connectivity index is 1.85. The first-order valence-corrected chi connectivity index (χ1v) is 12.8. The highest BCUT2D eigenvalue weighted by Crippen LogP contribution is 2.43. The number of likely N-dealkylation sites (N-methyl/N-ethyl adjacent to an activating group) is 1. The van der Waals surface area contributed by atoms with Crippen LogP contribution in [0.5, 0.6) is 0 Å². The molecule has 4 rings (SSSR count). The second-order valence-electron chi connectivity index (χ2n) is 9.04. The van der Waals surface area contributed by atoms with Gasteiger partial charge in [-0.05, 0) is 50.3 Å². The average Bonchev–Trinajstić information content (AvgIpc) is 2.99. The van der Waals surface area contributed by atoms with Crippen molar-refractivity contribution in [1.82, 2.24) is 9.80 Å². The first kappa shape index (κ1) is 21.9. The topological polar surface area (TPSA) is 57.7 Å². The van der Waals surface area contributed by atoms with Crippen LogP contribution in [0.15, 0.2) is 59.5 Å². The summed E-state index contributed by atoms with van der Waals surface area (Å²) in [6, 6.07) is 16.3. The lowest BCUT2D eigenvalue weighted by Gasteiger charge is -2.39. The molecule has 1 aliphatic carbocycles. The van der Waals surface area contributed by atoms with Gasteiger partial charge in [0, 0.05) is 7.05 Å². The summed E-state index contributed by atoms with van der Waals surface area (Å²) in [7, 11) is -1.97. The molecule has 166 valence electrons.